The van der Waals surface area contributed by atoms with Gasteiger partial charge in [-0.1, -0.05) is 0 Å². The highest BCUT2D eigenvalue weighted by Gasteiger charge is 2.61. The number of aliphatic hydroxyl groups excluding tert-OH is 1. The predicted molar refractivity (Wildman–Crippen MR) is 153 cm³/mol. The molecule has 13 heteroatoms. The topological polar surface area (TPSA) is 151 Å². The zero-order valence-electron chi connectivity index (χ0n) is 25.2. The van der Waals surface area contributed by atoms with E-state index in [9.17, 15) is 19.9 Å². The third-order valence-electron chi connectivity index (χ3n) is 7.96. The van der Waals surface area contributed by atoms with Crippen LogP contribution in [0.1, 0.15) is 28.8 Å². The Balaban J connectivity index is 1.48. The minimum absolute atomic E-state index is 0.0816. The first-order valence-electron chi connectivity index (χ1n) is 13.5. The number of methoxy groups -OCH3 is 6. The second-order valence-corrected chi connectivity index (χ2v) is 10.3. The molecule has 6 atom stereocenters. The Morgan fingerprint density at radius 1 is 0.791 bits per heavy atom. The van der Waals surface area contributed by atoms with Gasteiger partial charge in [-0.3, -0.25) is 0 Å². The Hall–Kier alpha value is -4.20. The maximum absolute atomic E-state index is 13.5. The van der Waals surface area contributed by atoms with E-state index in [0.717, 1.165) is 0 Å². The summed E-state index contributed by atoms with van der Waals surface area (Å²) in [5, 5.41) is 24.5. The molecule has 234 valence electrons. The molecule has 2 aliphatic rings. The van der Waals surface area contributed by atoms with Crippen molar-refractivity contribution in [1.29, 1.82) is 0 Å². The molecule has 4 rings (SSSR count). The Labute approximate surface area is 249 Å². The second kappa shape index (κ2) is 13.0. The monoisotopic (exact) mass is 603 g/mol. The molecule has 2 heterocycles. The van der Waals surface area contributed by atoms with E-state index < -0.39 is 47.0 Å². The molecule has 43 heavy (non-hydrogen) atoms. The van der Waals surface area contributed by atoms with Crippen LogP contribution in [0.2, 0.25) is 0 Å². The molecule has 2 bridgehead atoms. The van der Waals surface area contributed by atoms with E-state index in [1.165, 1.54) is 74.0 Å². The lowest BCUT2D eigenvalue weighted by molar-refractivity contribution is -0.906. The van der Waals surface area contributed by atoms with E-state index in [1.807, 2.05) is 0 Å². The van der Waals surface area contributed by atoms with Crippen molar-refractivity contribution in [2.45, 2.75) is 43.2 Å². The third-order valence-corrected chi connectivity index (χ3v) is 7.96. The van der Waals surface area contributed by atoms with Crippen LogP contribution >= 0.6 is 0 Å². The van der Waals surface area contributed by atoms with Crippen LogP contribution in [0.5, 0.6) is 34.5 Å². The van der Waals surface area contributed by atoms with Crippen molar-refractivity contribution >= 4 is 18.0 Å². The van der Waals surface area contributed by atoms with Gasteiger partial charge in [0, 0.05) is 18.9 Å². The Bertz CT molecular complexity index is 1320. The fourth-order valence-electron chi connectivity index (χ4n) is 5.81. The standard InChI is InChI=1S/C30H37NO12/c1-31(35)19-14-18(42-30(34)17-12-23(38-4)29(41-7)24(13-17)39-5)15-20(31)27(26(19)33)43-25(32)9-8-16-10-21(36-2)28(40-6)22(11-16)37-3/h8-13,18-20,26-27,33H,14-15H2,1-7H3/b9-8+/t18-,19-,20+,26-,27+,31?/m0/s1. The molecule has 0 saturated carbocycles. The Morgan fingerprint density at radius 2 is 1.28 bits per heavy atom. The number of quaternary nitrogens is 1. The molecule has 0 aliphatic carbocycles. The zero-order chi connectivity index (χ0) is 31.5. The van der Waals surface area contributed by atoms with Crippen LogP contribution in [0.4, 0.5) is 0 Å². The van der Waals surface area contributed by atoms with E-state index in [-0.39, 0.29) is 29.9 Å². The number of fused-ring (bicyclic) bond motifs is 2. The maximum atomic E-state index is 13.5. The maximum Gasteiger partial charge on any atom is 0.338 e. The van der Waals surface area contributed by atoms with Crippen LogP contribution in [0.3, 0.4) is 0 Å². The molecule has 2 aromatic carbocycles. The fourth-order valence-corrected chi connectivity index (χ4v) is 5.81. The summed E-state index contributed by atoms with van der Waals surface area (Å²) in [6.45, 7) is 0. The lowest BCUT2D eigenvalue weighted by atomic mass is 9.99. The highest BCUT2D eigenvalue weighted by Crippen LogP contribution is 2.44. The van der Waals surface area contributed by atoms with Gasteiger partial charge in [-0.2, -0.15) is 0 Å². The predicted octanol–water partition coefficient (Wildman–Crippen LogP) is 2.74. The van der Waals surface area contributed by atoms with Crippen molar-refractivity contribution in [2.24, 2.45) is 0 Å². The van der Waals surface area contributed by atoms with Gasteiger partial charge in [0.25, 0.3) is 0 Å². The van der Waals surface area contributed by atoms with Gasteiger partial charge in [0.2, 0.25) is 11.5 Å². The summed E-state index contributed by atoms with van der Waals surface area (Å²) >= 11 is 0. The Kier molecular flexibility index (Phi) is 9.58. The van der Waals surface area contributed by atoms with Crippen molar-refractivity contribution in [3.05, 3.63) is 46.7 Å². The molecule has 1 unspecified atom stereocenters. The largest absolute Gasteiger partial charge is 0.632 e. The quantitative estimate of drug-likeness (QED) is 0.174. The number of likely N-dealkylation sites (N-methyl/N-ethyl adjacent to an activating group) is 1. The molecular weight excluding hydrogens is 566 g/mol. The van der Waals surface area contributed by atoms with Gasteiger partial charge in [0.05, 0.1) is 55.3 Å². The molecule has 1 N–H and O–H groups in total. The number of rotatable bonds is 11. The lowest BCUT2D eigenvalue weighted by Gasteiger charge is -2.49. The number of hydrogen-bond donors (Lipinski definition) is 1. The van der Waals surface area contributed by atoms with Crippen LogP contribution in [-0.2, 0) is 14.3 Å². The first-order chi connectivity index (χ1) is 20.5. The third kappa shape index (κ3) is 6.14. The van der Waals surface area contributed by atoms with Crippen LogP contribution in [0, 0.1) is 5.21 Å². The summed E-state index contributed by atoms with van der Waals surface area (Å²) in [6.07, 6.45) is -0.206. The summed E-state index contributed by atoms with van der Waals surface area (Å²) in [6, 6.07) is 4.52. The van der Waals surface area contributed by atoms with Gasteiger partial charge >= 0.3 is 11.9 Å². The van der Waals surface area contributed by atoms with Gasteiger partial charge in [-0.25, -0.2) is 9.59 Å². The molecule has 2 saturated heterocycles. The summed E-state index contributed by atoms with van der Waals surface area (Å²) in [4.78, 5) is 25.9. The van der Waals surface area contributed by atoms with Gasteiger partial charge in [-0.05, 0) is 35.9 Å². The van der Waals surface area contributed by atoms with Gasteiger partial charge < -0.3 is 52.9 Å². The molecule has 2 aromatic rings. The van der Waals surface area contributed by atoms with Crippen LogP contribution < -0.4 is 28.4 Å². The average Bonchev–Trinajstić information content (AvgIpc) is 3.09. The minimum atomic E-state index is -1.25. The number of carbonyl (C=O) groups is 2. The fraction of sp³-hybridized carbons (Fsp3) is 0.467. The van der Waals surface area contributed by atoms with Crippen molar-refractivity contribution in [3.63, 3.8) is 0 Å². The van der Waals surface area contributed by atoms with Crippen molar-refractivity contribution in [2.75, 3.05) is 49.7 Å². The number of nitrogens with zero attached hydrogens (tertiary/aromatic N) is 1. The lowest BCUT2D eigenvalue weighted by Crippen LogP contribution is -2.57. The number of benzene rings is 2. The van der Waals surface area contributed by atoms with E-state index >= 15 is 0 Å². The molecule has 13 nitrogen and oxygen atoms in total. The summed E-state index contributed by atoms with van der Waals surface area (Å²) < 4.78 is 42.5. The van der Waals surface area contributed by atoms with E-state index in [2.05, 4.69) is 0 Å². The van der Waals surface area contributed by atoms with Gasteiger partial charge in [-0.15, -0.1) is 0 Å². The number of carbonyl (C=O) groups excluding carboxylic acids is 2. The SMILES string of the molecule is COc1cc(/C=C/C(=O)O[C@H]2[C@@H](O)[C@@H]3C[C@H](OC(=O)c4cc(OC)c(OC)c(OC)c4)C[C@H]2[N+]3(C)[O-])cc(OC)c1OC. The molecule has 0 aromatic heterocycles. The number of esters is 2. The van der Waals surface area contributed by atoms with Crippen LogP contribution in [-0.4, -0.2) is 102 Å². The molecular formula is C30H37NO12. The van der Waals surface area contributed by atoms with Crippen LogP contribution in [0.25, 0.3) is 6.08 Å². The average molecular weight is 604 g/mol. The van der Waals surface area contributed by atoms with Crippen molar-refractivity contribution in [3.8, 4) is 34.5 Å². The van der Waals surface area contributed by atoms with E-state index in [4.69, 9.17) is 37.9 Å². The van der Waals surface area contributed by atoms with Crippen molar-refractivity contribution < 1.29 is 57.2 Å². The number of piperidine rings is 1. The zero-order valence-corrected chi connectivity index (χ0v) is 25.2. The summed E-state index contributed by atoms with van der Waals surface area (Å²) in [7, 11) is 10.2. The van der Waals surface area contributed by atoms with Crippen molar-refractivity contribution in [1.82, 2.24) is 0 Å². The molecule has 2 fully saturated rings. The van der Waals surface area contributed by atoms with E-state index in [1.54, 1.807) is 12.1 Å². The highest BCUT2D eigenvalue weighted by molar-refractivity contribution is 5.91. The molecule has 0 amide bonds. The van der Waals surface area contributed by atoms with E-state index in [0.29, 0.717) is 28.6 Å². The number of aliphatic hydroxyl groups is 1. The molecule has 0 spiro atoms. The first kappa shape index (κ1) is 31.7. The summed E-state index contributed by atoms with van der Waals surface area (Å²) in [5.74, 6) is 0.676. The Morgan fingerprint density at radius 3 is 1.77 bits per heavy atom. The molecule has 0 radical (unpaired) electrons. The smallest absolute Gasteiger partial charge is 0.338 e. The highest BCUT2D eigenvalue weighted by atomic mass is 16.6. The van der Waals surface area contributed by atoms with Gasteiger partial charge in [0.1, 0.15) is 24.3 Å². The first-order valence-corrected chi connectivity index (χ1v) is 13.5. The number of hydroxylamine groups is 3. The number of ether oxygens (including phenoxy) is 8. The van der Waals surface area contributed by atoms with Gasteiger partial charge in [0.15, 0.2) is 29.1 Å². The second-order valence-electron chi connectivity index (χ2n) is 10.3. The normalized spacial score (nSPS) is 26.0. The summed E-state index contributed by atoms with van der Waals surface area (Å²) in [5.41, 5.74) is 0.729. The number of hydrogen-bond acceptors (Lipinski definition) is 12. The minimum Gasteiger partial charge on any atom is -0.632 e. The molecule has 2 aliphatic heterocycles. The van der Waals surface area contributed by atoms with Crippen LogP contribution in [0.15, 0.2) is 30.3 Å².